The number of ether oxygens (including phenoxy) is 1. The normalized spacial score (nSPS) is 27.8. The van der Waals surface area contributed by atoms with Crippen LogP contribution in [-0.4, -0.2) is 84.0 Å². The fraction of sp³-hybridized carbons (Fsp3) is 0.680. The van der Waals surface area contributed by atoms with E-state index in [1.165, 1.54) is 5.56 Å². The van der Waals surface area contributed by atoms with Crippen molar-refractivity contribution >= 4 is 11.8 Å². The van der Waals surface area contributed by atoms with Crippen molar-refractivity contribution in [3.8, 4) is 0 Å². The highest BCUT2D eigenvalue weighted by atomic mass is 16.5. The van der Waals surface area contributed by atoms with E-state index in [0.717, 1.165) is 84.4 Å². The molecule has 1 saturated carbocycles. The van der Waals surface area contributed by atoms with Crippen LogP contribution in [0.1, 0.15) is 51.0 Å². The number of likely N-dealkylation sites (tertiary alicyclic amines) is 1. The van der Waals surface area contributed by atoms with Gasteiger partial charge in [-0.2, -0.15) is 0 Å². The average Bonchev–Trinajstić information content (AvgIpc) is 3.62. The number of nitrogens with zero attached hydrogens (tertiary/aromatic N) is 3. The molecule has 1 aromatic carbocycles. The predicted molar refractivity (Wildman–Crippen MR) is 119 cm³/mol. The number of benzene rings is 1. The van der Waals surface area contributed by atoms with Gasteiger partial charge in [-0.1, -0.05) is 30.3 Å². The molecular weight excluding hydrogens is 390 g/mol. The molecule has 4 fully saturated rings. The second kappa shape index (κ2) is 8.21. The molecule has 168 valence electrons. The summed E-state index contributed by atoms with van der Waals surface area (Å²) in [6, 6.07) is 10.9. The molecule has 4 aliphatic rings. The monoisotopic (exact) mass is 425 g/mol. The summed E-state index contributed by atoms with van der Waals surface area (Å²) in [4.78, 5) is 31.6. The SMILES string of the molecule is CC(=O)N1CCN([C@@H]2CCOC3(CCN(C(=O)C4(c5ccccc5)CC4)CC3)C2)CC1. The van der Waals surface area contributed by atoms with Crippen molar-refractivity contribution in [1.82, 2.24) is 14.7 Å². The molecule has 2 amide bonds. The van der Waals surface area contributed by atoms with Gasteiger partial charge < -0.3 is 14.5 Å². The summed E-state index contributed by atoms with van der Waals surface area (Å²) < 4.78 is 6.37. The van der Waals surface area contributed by atoms with Crippen LogP contribution in [0.3, 0.4) is 0 Å². The fourth-order valence-electron chi connectivity index (χ4n) is 5.99. The van der Waals surface area contributed by atoms with Gasteiger partial charge in [0.25, 0.3) is 0 Å². The van der Waals surface area contributed by atoms with Crippen molar-refractivity contribution in [3.05, 3.63) is 35.9 Å². The summed E-state index contributed by atoms with van der Waals surface area (Å²) in [5, 5.41) is 0. The summed E-state index contributed by atoms with van der Waals surface area (Å²) in [6.45, 7) is 7.68. The Kier molecular flexibility index (Phi) is 5.55. The molecule has 0 N–H and O–H groups in total. The first-order valence-electron chi connectivity index (χ1n) is 12.0. The highest BCUT2D eigenvalue weighted by Gasteiger charge is 2.54. The molecule has 1 atom stereocenters. The average molecular weight is 426 g/mol. The van der Waals surface area contributed by atoms with Crippen LogP contribution < -0.4 is 0 Å². The van der Waals surface area contributed by atoms with Crippen molar-refractivity contribution in [2.75, 3.05) is 45.9 Å². The van der Waals surface area contributed by atoms with E-state index in [4.69, 9.17) is 4.74 Å². The maximum Gasteiger partial charge on any atom is 0.233 e. The van der Waals surface area contributed by atoms with E-state index in [1.54, 1.807) is 6.92 Å². The summed E-state index contributed by atoms with van der Waals surface area (Å²) in [7, 11) is 0. The zero-order valence-electron chi connectivity index (χ0n) is 18.7. The molecule has 1 spiro atoms. The molecule has 3 saturated heterocycles. The summed E-state index contributed by atoms with van der Waals surface area (Å²) >= 11 is 0. The first kappa shape index (κ1) is 21.0. The molecule has 1 aliphatic carbocycles. The zero-order chi connectivity index (χ0) is 21.5. The van der Waals surface area contributed by atoms with Crippen molar-refractivity contribution in [2.45, 2.75) is 62.5 Å². The van der Waals surface area contributed by atoms with E-state index in [0.29, 0.717) is 11.9 Å². The number of hydrogen-bond donors (Lipinski definition) is 0. The highest BCUT2D eigenvalue weighted by molar-refractivity contribution is 5.91. The Morgan fingerprint density at radius 3 is 2.19 bits per heavy atom. The van der Waals surface area contributed by atoms with Crippen molar-refractivity contribution < 1.29 is 14.3 Å². The molecule has 6 nitrogen and oxygen atoms in total. The summed E-state index contributed by atoms with van der Waals surface area (Å²) in [5.41, 5.74) is 0.831. The molecule has 5 rings (SSSR count). The Bertz CT molecular complexity index is 807. The Balaban J connectivity index is 1.18. The van der Waals surface area contributed by atoms with Gasteiger partial charge in [-0.15, -0.1) is 0 Å². The molecule has 0 unspecified atom stereocenters. The summed E-state index contributed by atoms with van der Waals surface area (Å²) in [6.07, 6.45) is 5.95. The summed E-state index contributed by atoms with van der Waals surface area (Å²) in [5.74, 6) is 0.505. The van der Waals surface area contributed by atoms with Gasteiger partial charge in [0.15, 0.2) is 0 Å². The van der Waals surface area contributed by atoms with Crippen molar-refractivity contribution in [2.24, 2.45) is 0 Å². The molecule has 0 bridgehead atoms. The minimum absolute atomic E-state index is 0.0825. The standard InChI is InChI=1S/C25H35N3O3/c1-20(29)26-14-16-27(17-15-26)22-7-18-31-24(19-22)10-12-28(13-11-24)23(30)25(8-9-25)21-5-3-2-4-6-21/h2-6,22H,7-19H2,1H3/t22-/m1/s1. The number of carbonyl (C=O) groups excluding carboxylic acids is 2. The van der Waals surface area contributed by atoms with Crippen LogP contribution in [-0.2, 0) is 19.7 Å². The molecule has 1 aromatic rings. The third-order valence-electron chi connectivity index (χ3n) is 8.19. The molecule has 0 radical (unpaired) electrons. The third kappa shape index (κ3) is 4.00. The lowest BCUT2D eigenvalue weighted by atomic mass is 9.81. The number of piperazine rings is 1. The van der Waals surface area contributed by atoms with E-state index in [2.05, 4.69) is 21.9 Å². The fourth-order valence-corrected chi connectivity index (χ4v) is 5.99. The van der Waals surface area contributed by atoms with E-state index in [1.807, 2.05) is 23.1 Å². The van der Waals surface area contributed by atoms with Crippen LogP contribution in [0.5, 0.6) is 0 Å². The second-order valence-corrected chi connectivity index (χ2v) is 9.96. The molecule has 31 heavy (non-hydrogen) atoms. The first-order valence-corrected chi connectivity index (χ1v) is 12.0. The number of carbonyl (C=O) groups is 2. The van der Waals surface area contributed by atoms with Crippen LogP contribution in [0, 0.1) is 0 Å². The third-order valence-corrected chi connectivity index (χ3v) is 8.19. The lowest BCUT2D eigenvalue weighted by molar-refractivity contribution is -0.153. The van der Waals surface area contributed by atoms with E-state index in [9.17, 15) is 9.59 Å². The van der Waals surface area contributed by atoms with Crippen molar-refractivity contribution in [1.29, 1.82) is 0 Å². The Morgan fingerprint density at radius 2 is 1.58 bits per heavy atom. The maximum absolute atomic E-state index is 13.4. The van der Waals surface area contributed by atoms with E-state index >= 15 is 0 Å². The van der Waals surface area contributed by atoms with Gasteiger partial charge in [0.1, 0.15) is 0 Å². The molecule has 3 aliphatic heterocycles. The van der Waals surface area contributed by atoms with Crippen LogP contribution in [0.25, 0.3) is 0 Å². The molecule has 3 heterocycles. The minimum atomic E-state index is -0.266. The van der Waals surface area contributed by atoms with Gasteiger partial charge >= 0.3 is 0 Å². The molecule has 6 heteroatoms. The van der Waals surface area contributed by atoms with Crippen LogP contribution in [0.15, 0.2) is 30.3 Å². The Morgan fingerprint density at radius 1 is 0.903 bits per heavy atom. The molecule has 0 aromatic heterocycles. The Hall–Kier alpha value is -1.92. The van der Waals surface area contributed by atoms with Crippen molar-refractivity contribution in [3.63, 3.8) is 0 Å². The Labute approximate surface area is 185 Å². The quantitative estimate of drug-likeness (QED) is 0.746. The predicted octanol–water partition coefficient (Wildman–Crippen LogP) is 2.42. The lowest BCUT2D eigenvalue weighted by Gasteiger charge is -2.50. The molecular formula is C25H35N3O3. The van der Waals surface area contributed by atoms with Gasteiger partial charge in [0.05, 0.1) is 11.0 Å². The van der Waals surface area contributed by atoms with Crippen LogP contribution in [0.4, 0.5) is 0 Å². The van der Waals surface area contributed by atoms with E-state index in [-0.39, 0.29) is 16.9 Å². The van der Waals surface area contributed by atoms with Gasteiger partial charge in [0.2, 0.25) is 11.8 Å². The van der Waals surface area contributed by atoms with Gasteiger partial charge in [-0.3, -0.25) is 14.5 Å². The number of piperidine rings is 1. The van der Waals surface area contributed by atoms with E-state index < -0.39 is 0 Å². The second-order valence-electron chi connectivity index (χ2n) is 9.96. The van der Waals surface area contributed by atoms with Gasteiger partial charge in [-0.05, 0) is 44.1 Å². The smallest absolute Gasteiger partial charge is 0.233 e. The lowest BCUT2D eigenvalue weighted by Crippen LogP contribution is -2.58. The van der Waals surface area contributed by atoms with Gasteiger partial charge in [0, 0.05) is 58.8 Å². The largest absolute Gasteiger partial charge is 0.375 e. The zero-order valence-corrected chi connectivity index (χ0v) is 18.7. The number of rotatable bonds is 3. The first-order chi connectivity index (χ1) is 15.0. The van der Waals surface area contributed by atoms with Crippen LogP contribution >= 0.6 is 0 Å². The highest BCUT2D eigenvalue weighted by Crippen LogP contribution is 2.50. The number of hydrogen-bond acceptors (Lipinski definition) is 4. The minimum Gasteiger partial charge on any atom is -0.375 e. The topological polar surface area (TPSA) is 53.1 Å². The maximum atomic E-state index is 13.4. The number of amides is 2. The van der Waals surface area contributed by atoms with Crippen LogP contribution in [0.2, 0.25) is 0 Å². The van der Waals surface area contributed by atoms with Gasteiger partial charge in [-0.25, -0.2) is 0 Å².